The summed E-state index contributed by atoms with van der Waals surface area (Å²) < 4.78 is 75.6. The highest BCUT2D eigenvalue weighted by Gasteiger charge is 2.69. The Labute approximate surface area is 364 Å². The van der Waals surface area contributed by atoms with Crippen molar-refractivity contribution in [3.63, 3.8) is 0 Å². The highest BCUT2D eigenvalue weighted by Crippen LogP contribution is 2.55. The zero-order valence-corrected chi connectivity index (χ0v) is 39.1. The van der Waals surface area contributed by atoms with Gasteiger partial charge in [-0.1, -0.05) is 54.7 Å². The Balaban J connectivity index is 0.928. The number of fused-ring (bicyclic) bond motifs is 7. The summed E-state index contributed by atoms with van der Waals surface area (Å²) in [4.78, 5) is 14.3. The van der Waals surface area contributed by atoms with Crippen LogP contribution in [0.25, 0.3) is 0 Å². The maximum absolute atomic E-state index is 14.3. The molecular weight excluding hydrogens is 797 g/mol. The first-order chi connectivity index (χ1) is 29.0. The molecule has 12 bridgehead atoms. The van der Waals surface area contributed by atoms with E-state index in [1.165, 1.54) is 0 Å². The van der Waals surface area contributed by atoms with Gasteiger partial charge in [0.15, 0.2) is 14.1 Å². The first-order valence-corrected chi connectivity index (χ1v) is 27.1. The van der Waals surface area contributed by atoms with E-state index in [9.17, 15) is 4.79 Å². The molecule has 0 N–H and O–H groups in total. The molecule has 0 aromatic carbocycles. The van der Waals surface area contributed by atoms with Crippen LogP contribution in [-0.4, -0.2) is 130 Å². The van der Waals surface area contributed by atoms with Crippen molar-refractivity contribution < 1.29 is 56.6 Å². The Hall–Kier alpha value is -1.23. The lowest BCUT2D eigenvalue weighted by molar-refractivity contribution is -0.293. The van der Waals surface area contributed by atoms with E-state index in [0.29, 0.717) is 25.7 Å². The maximum Gasteiger partial charge on any atom is 0.308 e. The summed E-state index contributed by atoms with van der Waals surface area (Å²) in [6.45, 7) is 27.1. The monoisotopic (exact) mass is 870 g/mol. The molecule has 13 heteroatoms. The summed E-state index contributed by atoms with van der Waals surface area (Å²) in [5.41, 5.74) is 2.22. The Kier molecular flexibility index (Phi) is 11.6. The second kappa shape index (κ2) is 16.3. The van der Waals surface area contributed by atoms with E-state index in [0.717, 1.165) is 62.5 Å². The Morgan fingerprint density at radius 2 is 1.39 bits per heavy atom. The molecule has 0 radical (unpaired) electrons. The van der Waals surface area contributed by atoms with E-state index >= 15 is 0 Å². The van der Waals surface area contributed by atoms with Crippen LogP contribution >= 0.6 is 0 Å². The average molecular weight is 871 g/mol. The van der Waals surface area contributed by atoms with Crippen LogP contribution in [0, 0.1) is 11.8 Å². The summed E-state index contributed by atoms with van der Waals surface area (Å²) >= 11 is 0. The van der Waals surface area contributed by atoms with Crippen LogP contribution in [0.4, 0.5) is 0 Å². The molecule has 0 aliphatic carbocycles. The van der Waals surface area contributed by atoms with Crippen LogP contribution in [0.15, 0.2) is 24.3 Å². The summed E-state index contributed by atoms with van der Waals surface area (Å²) in [5.74, 6) is -0.939. The minimum atomic E-state index is -2.10. The van der Waals surface area contributed by atoms with Gasteiger partial charge in [-0.25, -0.2) is 0 Å². The van der Waals surface area contributed by atoms with Gasteiger partial charge in [-0.3, -0.25) is 4.79 Å². The first kappa shape index (κ1) is 43.6. The molecule has 11 aliphatic heterocycles. The van der Waals surface area contributed by atoms with Gasteiger partial charge >= 0.3 is 5.97 Å². The van der Waals surface area contributed by atoms with E-state index in [1.54, 1.807) is 0 Å². The van der Waals surface area contributed by atoms with Gasteiger partial charge in [-0.15, -0.1) is 0 Å². The Morgan fingerprint density at radius 1 is 0.689 bits per heavy atom. The normalized spacial score (nSPS) is 51.3. The first-order valence-electron chi connectivity index (χ1n) is 24.2. The van der Waals surface area contributed by atoms with Gasteiger partial charge in [0, 0.05) is 31.6 Å². The lowest BCUT2D eigenvalue weighted by Crippen LogP contribution is -2.63. The van der Waals surface area contributed by atoms with E-state index < -0.39 is 26.3 Å². The average Bonchev–Trinajstić information content (AvgIpc) is 3.79. The van der Waals surface area contributed by atoms with Gasteiger partial charge in [-0.2, -0.15) is 0 Å². The van der Waals surface area contributed by atoms with Crippen molar-refractivity contribution in [2.75, 3.05) is 0 Å². The van der Waals surface area contributed by atoms with Crippen LogP contribution in [0.3, 0.4) is 0 Å². The third kappa shape index (κ3) is 8.01. The van der Waals surface area contributed by atoms with Crippen LogP contribution in [0.2, 0.25) is 18.1 Å². The van der Waals surface area contributed by atoms with E-state index in [-0.39, 0.29) is 127 Å². The Morgan fingerprint density at radius 3 is 2.18 bits per heavy atom. The smallest absolute Gasteiger partial charge is 0.308 e. The van der Waals surface area contributed by atoms with Crippen molar-refractivity contribution in [1.82, 2.24) is 0 Å². The van der Waals surface area contributed by atoms with Gasteiger partial charge in [0.2, 0.25) is 0 Å². The molecule has 11 saturated heterocycles. The lowest BCUT2D eigenvalue weighted by atomic mass is 9.79. The lowest BCUT2D eigenvalue weighted by Gasteiger charge is -2.53. The summed E-state index contributed by atoms with van der Waals surface area (Å²) in [6, 6.07) is 0. The van der Waals surface area contributed by atoms with Gasteiger partial charge < -0.3 is 51.8 Å². The summed E-state index contributed by atoms with van der Waals surface area (Å²) in [5, 5.41) is 0.0628. The predicted octanol–water partition coefficient (Wildman–Crippen LogP) is 7.64. The van der Waals surface area contributed by atoms with Crippen LogP contribution in [0.5, 0.6) is 0 Å². The van der Waals surface area contributed by atoms with Crippen molar-refractivity contribution in [2.24, 2.45) is 11.8 Å². The van der Waals surface area contributed by atoms with E-state index in [4.69, 9.17) is 51.8 Å². The maximum atomic E-state index is 14.3. The molecule has 11 fully saturated rings. The zero-order chi connectivity index (χ0) is 42.7. The molecule has 61 heavy (non-hydrogen) atoms. The summed E-state index contributed by atoms with van der Waals surface area (Å²) in [6.07, 6.45) is 5.58. The number of esters is 1. The third-order valence-corrected chi connectivity index (χ3v) is 21.5. The number of carbonyl (C=O) groups excluding carboxylic acids is 1. The van der Waals surface area contributed by atoms with E-state index in [1.807, 2.05) is 0 Å². The van der Waals surface area contributed by atoms with Crippen molar-refractivity contribution >= 4 is 14.3 Å². The fraction of sp³-hybridized carbons (Fsp3) is 0.896. The van der Waals surface area contributed by atoms with Gasteiger partial charge in [-0.05, 0) is 86.6 Å². The number of hydrogen-bond acceptors (Lipinski definition) is 12. The fourth-order valence-corrected chi connectivity index (χ4v) is 13.9. The molecule has 1 unspecified atom stereocenters. The van der Waals surface area contributed by atoms with Crippen molar-refractivity contribution in [3.8, 4) is 0 Å². The van der Waals surface area contributed by atoms with Crippen LogP contribution in [-0.2, 0) is 56.6 Å². The van der Waals surface area contributed by atoms with Crippen LogP contribution < -0.4 is 0 Å². The SMILES string of the molecule is C=C1C[C@@H]2CC[C@@]34C[C@H]5O[C@H]6[C@@H](O3)[C@H]3O[C@H](CC[C@@H]3O[C@H]6[C@H]5O4)CC(=O)O[C@@H]3[C@@H](C)[C@@H]4O[C@H](CC)C(O[Si](C)(C)C(C)(C)C)C[C@@H]4O[C@H]3C[C@H]3O[C@@H](CC[C@@H]1O2)C[C@@H](C)C3=C. The zero-order valence-electron chi connectivity index (χ0n) is 38.1. The molecule has 0 amide bonds. The quantitative estimate of drug-likeness (QED) is 0.158. The molecule has 11 rings (SSSR count). The highest BCUT2D eigenvalue weighted by atomic mass is 28.4. The Bertz CT molecular complexity index is 1680. The standard InChI is InChI=1S/C48H74O12Si/c1-11-31-35(60-61(9,10)47(6,7)8)22-37-40(54-31)27(5)41-36(53-37)21-34-26(4)24(2)18-28(51-34)12-14-32-25(3)19-30(50-32)16-17-48-23-38-43(58-48)44-45(56-38)46(59-48)42-33(55-44)15-13-29(52-42)20-39(49)57-41/h24,27-38,40-46H,3-4,11-23H2,1-2,5-10H3/t24-,27+,28+,29-,30+,31-,32+,33+,34-,35?,36+,37+,38-,40+,41-,42+,43+,44+,45-,46+,48+/m1/s1. The van der Waals surface area contributed by atoms with Crippen LogP contribution in [0.1, 0.15) is 125 Å². The number of ether oxygens (including phenoxy) is 10. The molecule has 342 valence electrons. The highest BCUT2D eigenvalue weighted by molar-refractivity contribution is 6.74. The minimum absolute atomic E-state index is 0.0183. The third-order valence-electron chi connectivity index (χ3n) is 17.0. The predicted molar refractivity (Wildman–Crippen MR) is 227 cm³/mol. The van der Waals surface area contributed by atoms with E-state index in [2.05, 4.69) is 67.8 Å². The van der Waals surface area contributed by atoms with Gasteiger partial charge in [0.1, 0.15) is 36.6 Å². The molecule has 12 nitrogen and oxygen atoms in total. The summed E-state index contributed by atoms with van der Waals surface area (Å²) in [7, 11) is -2.10. The van der Waals surface area contributed by atoms with Gasteiger partial charge in [0.05, 0.1) is 79.7 Å². The molecule has 0 aromatic heterocycles. The number of rotatable bonds is 3. The molecular formula is C48H74O12Si. The molecule has 11 aliphatic rings. The minimum Gasteiger partial charge on any atom is -0.459 e. The molecule has 0 saturated carbocycles. The van der Waals surface area contributed by atoms with Gasteiger partial charge in [0.25, 0.3) is 0 Å². The second-order valence-corrected chi connectivity index (χ2v) is 27.0. The fourth-order valence-electron chi connectivity index (χ4n) is 12.5. The van der Waals surface area contributed by atoms with Crippen molar-refractivity contribution in [3.05, 3.63) is 24.3 Å². The van der Waals surface area contributed by atoms with Crippen molar-refractivity contribution in [1.29, 1.82) is 0 Å². The largest absolute Gasteiger partial charge is 0.459 e. The second-order valence-electron chi connectivity index (χ2n) is 22.2. The molecule has 1 spiro atoms. The molecule has 0 aromatic rings. The molecule has 11 heterocycles. The molecule has 21 atom stereocenters. The number of carbonyl (C=O) groups is 1. The topological polar surface area (TPSA) is 119 Å². The number of hydrogen-bond donors (Lipinski definition) is 0. The van der Waals surface area contributed by atoms with Crippen molar-refractivity contribution in [2.45, 2.75) is 259 Å².